The van der Waals surface area contributed by atoms with Gasteiger partial charge in [-0.3, -0.25) is 33.7 Å². The van der Waals surface area contributed by atoms with Crippen molar-refractivity contribution < 1.29 is 43.0 Å². The van der Waals surface area contributed by atoms with E-state index in [0.29, 0.717) is 60.8 Å². The summed E-state index contributed by atoms with van der Waals surface area (Å²) >= 11 is 1.50. The number of alkyl halides is 1. The van der Waals surface area contributed by atoms with Crippen molar-refractivity contribution in [1.82, 2.24) is 40.2 Å². The first-order valence-corrected chi connectivity index (χ1v) is 28.0. The Balaban J connectivity index is 0.740. The van der Waals surface area contributed by atoms with Gasteiger partial charge in [-0.05, 0) is 116 Å². The number of aromatic nitrogens is 2. The maximum atomic E-state index is 14.7. The van der Waals surface area contributed by atoms with E-state index >= 15 is 0 Å². The van der Waals surface area contributed by atoms with Crippen molar-refractivity contribution in [3.63, 3.8) is 0 Å². The fourth-order valence-electron chi connectivity index (χ4n) is 10.8. The highest BCUT2D eigenvalue weighted by Crippen LogP contribution is 2.49. The van der Waals surface area contributed by atoms with Crippen LogP contribution in [0.3, 0.4) is 0 Å². The molecule has 2 aromatic heterocycles. The second-order valence-corrected chi connectivity index (χ2v) is 23.5. The van der Waals surface area contributed by atoms with Gasteiger partial charge in [0.25, 0.3) is 17.7 Å². The van der Waals surface area contributed by atoms with Gasteiger partial charge in [-0.25, -0.2) is 9.37 Å². The molecule has 9 rings (SSSR count). The number of ether oxygens (including phenoxy) is 1. The molecule has 2 aliphatic heterocycles. The highest BCUT2D eigenvalue weighted by atomic mass is 32.1. The van der Waals surface area contributed by atoms with Crippen LogP contribution in [0.2, 0.25) is 0 Å². The minimum absolute atomic E-state index is 0.00184. The standard InChI is InChI=1S/C59H72FN9O8S/c1-37-50(78-36-63-37)41-17-18-42(33-62-53(73)46-31-44(70)35-69(46)55(75)51(57(2,3)4)65-56(76)58(60)25-26-58)47(30-41)77-29-8-7-10-49(71)64-43-19-13-38(14-20-43)32-61-52(72)45-21-22-48-59(23-9-24-59)67(27-28-68(45)48)34-39-11-15-40(16-12-39)54(74)66(5)6/h11-22,30,36,44,46,51,70H,7-10,23-29,31-35H2,1-6H3,(H,61,72)(H,62,73)(H,64,71)(H,65,76)/t44-,46+,51-/m1/s1. The number of aliphatic hydroxyl groups excluding tert-OH is 1. The number of anilines is 1. The van der Waals surface area contributed by atoms with Crippen LogP contribution in [0.4, 0.5) is 10.1 Å². The zero-order chi connectivity index (χ0) is 55.5. The minimum atomic E-state index is -1.99. The molecule has 0 bridgehead atoms. The maximum absolute atomic E-state index is 14.7. The maximum Gasteiger partial charge on any atom is 0.268 e. The molecule has 414 valence electrons. The molecule has 0 radical (unpaired) electrons. The summed E-state index contributed by atoms with van der Waals surface area (Å²) < 4.78 is 23.2. The monoisotopic (exact) mass is 1090 g/mol. The van der Waals surface area contributed by atoms with Gasteiger partial charge in [0.15, 0.2) is 5.67 Å². The van der Waals surface area contributed by atoms with E-state index < -0.39 is 47.0 Å². The van der Waals surface area contributed by atoms with Gasteiger partial charge in [-0.2, -0.15) is 0 Å². The topological polar surface area (TPSA) is 208 Å². The molecule has 3 fully saturated rings. The van der Waals surface area contributed by atoms with Crippen molar-refractivity contribution in [3.8, 4) is 16.2 Å². The number of fused-ring (bicyclic) bond motifs is 2. The molecule has 5 N–H and O–H groups in total. The number of nitrogens with zero attached hydrogens (tertiary/aromatic N) is 5. The summed E-state index contributed by atoms with van der Waals surface area (Å²) in [4.78, 5) is 90.4. The molecule has 4 aliphatic rings. The molecule has 1 saturated heterocycles. The molecule has 3 atom stereocenters. The number of thiazole rings is 1. The van der Waals surface area contributed by atoms with Gasteiger partial charge in [0.05, 0.1) is 34.3 Å². The van der Waals surface area contributed by atoms with Crippen molar-refractivity contribution in [2.75, 3.05) is 39.1 Å². The molecule has 4 heterocycles. The lowest BCUT2D eigenvalue weighted by molar-refractivity contribution is -0.145. The first kappa shape index (κ1) is 55.8. The summed E-state index contributed by atoms with van der Waals surface area (Å²) in [6.07, 6.45) is 3.77. The predicted molar refractivity (Wildman–Crippen MR) is 295 cm³/mol. The molecule has 0 unspecified atom stereocenters. The Morgan fingerprint density at radius 1 is 0.897 bits per heavy atom. The lowest BCUT2D eigenvalue weighted by Gasteiger charge is -2.53. The summed E-state index contributed by atoms with van der Waals surface area (Å²) in [6.45, 7) is 10.0. The molecule has 78 heavy (non-hydrogen) atoms. The molecule has 2 aliphatic carbocycles. The first-order chi connectivity index (χ1) is 37.2. The minimum Gasteiger partial charge on any atom is -0.493 e. The SMILES string of the molecule is Cc1ncsc1-c1ccc(CNC(=O)[C@@H]2C[C@@H](O)CN2C(=O)[C@@H](NC(=O)C2(F)CC2)C(C)(C)C)c(OCCCCC(=O)Nc2ccc(CNC(=O)c3ccc4n3CCN(Cc3ccc(C(=O)N(C)C)cc3)C43CCC3)cc2)c1. The number of nitrogens with one attached hydrogen (secondary N) is 4. The number of rotatable bonds is 20. The van der Waals surface area contributed by atoms with Gasteiger partial charge in [0, 0.05) is 88.7 Å². The number of halogens is 1. The molecular formula is C59H72FN9O8S. The normalized spacial score (nSPS) is 18.5. The number of aryl methyl sites for hydroxylation is 1. The van der Waals surface area contributed by atoms with Gasteiger partial charge in [0.1, 0.15) is 23.5 Å². The zero-order valence-corrected chi connectivity index (χ0v) is 46.3. The largest absolute Gasteiger partial charge is 0.493 e. The summed E-state index contributed by atoms with van der Waals surface area (Å²) in [6, 6.07) is 22.9. The third kappa shape index (κ3) is 12.3. The zero-order valence-electron chi connectivity index (χ0n) is 45.5. The van der Waals surface area contributed by atoms with Crippen LogP contribution in [-0.2, 0) is 50.9 Å². The van der Waals surface area contributed by atoms with Gasteiger partial charge in [0.2, 0.25) is 17.7 Å². The molecule has 19 heteroatoms. The molecule has 17 nitrogen and oxygen atoms in total. The Kier molecular flexibility index (Phi) is 16.6. The Bertz CT molecular complexity index is 3030. The van der Waals surface area contributed by atoms with Gasteiger partial charge in [-0.15, -0.1) is 11.3 Å². The summed E-state index contributed by atoms with van der Waals surface area (Å²) in [7, 11) is 3.51. The van der Waals surface area contributed by atoms with Crippen molar-refractivity contribution in [2.24, 2.45) is 5.41 Å². The molecule has 5 aromatic rings. The summed E-state index contributed by atoms with van der Waals surface area (Å²) in [5, 5.41) is 22.3. The average molecular weight is 1090 g/mol. The Morgan fingerprint density at radius 3 is 2.28 bits per heavy atom. The van der Waals surface area contributed by atoms with Crippen LogP contribution in [0, 0.1) is 12.3 Å². The van der Waals surface area contributed by atoms with E-state index in [-0.39, 0.29) is 62.0 Å². The number of amides is 6. The van der Waals surface area contributed by atoms with Crippen molar-refractivity contribution in [2.45, 2.75) is 141 Å². The van der Waals surface area contributed by atoms with Crippen LogP contribution in [-0.4, -0.2) is 122 Å². The number of hydrogen-bond acceptors (Lipinski definition) is 11. The number of benzene rings is 3. The number of likely N-dealkylation sites (tertiary alicyclic amines) is 1. The van der Waals surface area contributed by atoms with Crippen LogP contribution in [0.5, 0.6) is 5.75 Å². The van der Waals surface area contributed by atoms with Crippen LogP contribution in [0.15, 0.2) is 84.4 Å². The number of β-amino-alcohol motifs (C(OH)–C–C–N with tert-alkyl or cyclic N) is 1. The van der Waals surface area contributed by atoms with E-state index in [1.807, 2.05) is 79.7 Å². The predicted octanol–water partition coefficient (Wildman–Crippen LogP) is 7.25. The molecule has 1 spiro atoms. The fourth-order valence-corrected chi connectivity index (χ4v) is 11.6. The van der Waals surface area contributed by atoms with Crippen LogP contribution in [0.1, 0.15) is 127 Å². The van der Waals surface area contributed by atoms with Gasteiger partial charge >= 0.3 is 0 Å². The number of carbonyl (C=O) groups excluding carboxylic acids is 6. The van der Waals surface area contributed by atoms with E-state index in [1.54, 1.807) is 45.3 Å². The summed E-state index contributed by atoms with van der Waals surface area (Å²) in [5.41, 5.74) is 6.48. The van der Waals surface area contributed by atoms with E-state index in [1.165, 1.54) is 21.9 Å². The number of aliphatic hydroxyl groups is 1. The van der Waals surface area contributed by atoms with Crippen molar-refractivity contribution in [3.05, 3.63) is 124 Å². The lowest BCUT2D eigenvalue weighted by Crippen LogP contribution is -2.59. The van der Waals surface area contributed by atoms with Crippen molar-refractivity contribution in [1.29, 1.82) is 0 Å². The van der Waals surface area contributed by atoms with E-state index in [2.05, 4.69) is 41.8 Å². The highest BCUT2D eigenvalue weighted by Gasteiger charge is 2.54. The lowest BCUT2D eigenvalue weighted by atomic mass is 9.71. The second kappa shape index (κ2) is 23.2. The number of hydrogen-bond donors (Lipinski definition) is 5. The van der Waals surface area contributed by atoms with Crippen molar-refractivity contribution >= 4 is 52.5 Å². The third-order valence-corrected chi connectivity index (χ3v) is 16.7. The van der Waals surface area contributed by atoms with Crippen LogP contribution < -0.4 is 26.0 Å². The molecule has 2 saturated carbocycles. The average Bonchev–Trinajstić information content (AvgIpc) is 3.69. The number of unbranched alkanes of at least 4 members (excludes halogenated alkanes) is 1. The number of carbonyl (C=O) groups is 6. The first-order valence-electron chi connectivity index (χ1n) is 27.1. The van der Waals surface area contributed by atoms with E-state index in [9.17, 15) is 38.3 Å². The van der Waals surface area contributed by atoms with Crippen LogP contribution in [0.25, 0.3) is 10.4 Å². The molecule has 6 amide bonds. The highest BCUT2D eigenvalue weighted by molar-refractivity contribution is 7.13. The van der Waals surface area contributed by atoms with E-state index in [0.717, 1.165) is 59.6 Å². The molecular weight excluding hydrogens is 1010 g/mol. The molecule has 3 aromatic carbocycles. The van der Waals surface area contributed by atoms with Crippen LogP contribution >= 0.6 is 11.3 Å². The quantitative estimate of drug-likeness (QED) is 0.0494. The smallest absolute Gasteiger partial charge is 0.268 e. The Morgan fingerprint density at radius 2 is 1.63 bits per heavy atom. The third-order valence-electron chi connectivity index (χ3n) is 15.7. The second-order valence-electron chi connectivity index (χ2n) is 22.6. The summed E-state index contributed by atoms with van der Waals surface area (Å²) in [5.74, 6) is -1.65. The van der Waals surface area contributed by atoms with E-state index in [4.69, 9.17) is 4.74 Å². The fraction of sp³-hybridized carbons (Fsp3) is 0.475. The Hall–Kier alpha value is -6.96. The van der Waals surface area contributed by atoms with Gasteiger partial charge in [-0.1, -0.05) is 57.2 Å². The Labute approximate surface area is 459 Å². The van der Waals surface area contributed by atoms with Gasteiger partial charge < -0.3 is 45.5 Å².